The van der Waals surface area contributed by atoms with Gasteiger partial charge in [0.2, 0.25) is 0 Å². The summed E-state index contributed by atoms with van der Waals surface area (Å²) in [5.74, 6) is 0.273. The normalized spacial score (nSPS) is 11.5. The number of aromatic amines is 1. The van der Waals surface area contributed by atoms with E-state index in [-0.39, 0.29) is 10.5 Å². The van der Waals surface area contributed by atoms with Gasteiger partial charge in [-0.1, -0.05) is 0 Å². The van der Waals surface area contributed by atoms with Crippen molar-refractivity contribution in [3.8, 4) is 5.75 Å². The van der Waals surface area contributed by atoms with Gasteiger partial charge in [-0.2, -0.15) is 0 Å². The van der Waals surface area contributed by atoms with Gasteiger partial charge >= 0.3 is 0 Å². The summed E-state index contributed by atoms with van der Waals surface area (Å²) in [6, 6.07) is 15.0. The smallest absolute Gasteiger partial charge is 0.267 e. The van der Waals surface area contributed by atoms with E-state index in [9.17, 15) is 13.2 Å². The number of H-pyrrole nitrogens is 1. The summed E-state index contributed by atoms with van der Waals surface area (Å²) in [6.45, 7) is 0. The van der Waals surface area contributed by atoms with Crippen molar-refractivity contribution in [1.82, 2.24) is 8.96 Å². The van der Waals surface area contributed by atoms with E-state index < -0.39 is 15.9 Å². The van der Waals surface area contributed by atoms with Gasteiger partial charge in [0.15, 0.2) is 0 Å². The average Bonchev–Trinajstić information content (AvgIpc) is 3.38. The van der Waals surface area contributed by atoms with Crippen LogP contribution in [0, 0.1) is 0 Å². The summed E-state index contributed by atoms with van der Waals surface area (Å²) in [5, 5.41) is 3.52. The van der Waals surface area contributed by atoms with E-state index in [2.05, 4.69) is 10.3 Å². The Morgan fingerprint density at radius 3 is 2.61 bits per heavy atom. The Hall–Kier alpha value is -3.52. The Morgan fingerprint density at radius 1 is 1.07 bits per heavy atom. The number of ether oxygens (including phenoxy) is 1. The monoisotopic (exact) mass is 395 g/mol. The first kappa shape index (κ1) is 17.9. The van der Waals surface area contributed by atoms with Gasteiger partial charge in [0.1, 0.15) is 5.75 Å². The molecule has 0 saturated heterocycles. The molecule has 0 spiro atoms. The lowest BCUT2D eigenvalue weighted by molar-refractivity contribution is 0.102. The SMILES string of the molecule is COc1ccc(NC(=O)c2ccn(S(=O)(=O)c3ccc4[nH]ccc4c3)c2)cc1. The number of benzene rings is 2. The van der Waals surface area contributed by atoms with E-state index in [1.165, 1.54) is 24.5 Å². The lowest BCUT2D eigenvalue weighted by atomic mass is 10.2. The molecule has 0 fully saturated rings. The minimum Gasteiger partial charge on any atom is -0.497 e. The van der Waals surface area contributed by atoms with E-state index in [0.717, 1.165) is 14.9 Å². The van der Waals surface area contributed by atoms with E-state index in [1.807, 2.05) is 0 Å². The Bertz CT molecular complexity index is 1250. The highest BCUT2D eigenvalue weighted by molar-refractivity contribution is 7.90. The highest BCUT2D eigenvalue weighted by Crippen LogP contribution is 2.21. The lowest BCUT2D eigenvalue weighted by Gasteiger charge is -2.06. The van der Waals surface area contributed by atoms with Crippen LogP contribution < -0.4 is 10.1 Å². The number of aromatic nitrogens is 2. The van der Waals surface area contributed by atoms with Crippen molar-refractivity contribution in [2.24, 2.45) is 0 Å². The number of rotatable bonds is 5. The standard InChI is InChI=1S/C20H17N3O4S/c1-27-17-4-2-16(3-5-17)22-20(24)15-9-11-23(13-15)28(25,26)18-6-7-19-14(12-18)8-10-21-19/h2-13,21H,1H3,(H,22,24). The maximum Gasteiger partial charge on any atom is 0.267 e. The molecule has 4 rings (SSSR count). The number of nitrogens with one attached hydrogen (secondary N) is 2. The van der Waals surface area contributed by atoms with Gasteiger partial charge < -0.3 is 15.0 Å². The maximum absolute atomic E-state index is 12.9. The summed E-state index contributed by atoms with van der Waals surface area (Å²) in [7, 11) is -2.24. The molecular weight excluding hydrogens is 378 g/mol. The average molecular weight is 395 g/mol. The molecule has 0 aliphatic rings. The zero-order valence-electron chi connectivity index (χ0n) is 14.9. The quantitative estimate of drug-likeness (QED) is 0.541. The Kier molecular flexibility index (Phi) is 4.40. The van der Waals surface area contributed by atoms with Crippen molar-refractivity contribution < 1.29 is 17.9 Å². The minimum atomic E-state index is -3.80. The van der Waals surface area contributed by atoms with Crippen molar-refractivity contribution in [2.45, 2.75) is 4.90 Å². The lowest BCUT2D eigenvalue weighted by Crippen LogP contribution is -2.13. The van der Waals surface area contributed by atoms with Gasteiger partial charge in [0.05, 0.1) is 17.6 Å². The predicted octanol–water partition coefficient (Wildman–Crippen LogP) is 3.47. The third kappa shape index (κ3) is 3.25. The molecule has 2 N–H and O–H groups in total. The van der Waals surface area contributed by atoms with Crippen LogP contribution in [0.5, 0.6) is 5.75 Å². The van der Waals surface area contributed by atoms with E-state index in [4.69, 9.17) is 4.74 Å². The second-order valence-corrected chi connectivity index (χ2v) is 7.99. The number of amides is 1. The van der Waals surface area contributed by atoms with Crippen LogP contribution in [0.4, 0.5) is 5.69 Å². The molecule has 142 valence electrons. The van der Waals surface area contributed by atoms with Crippen molar-refractivity contribution in [3.05, 3.63) is 78.8 Å². The fourth-order valence-electron chi connectivity index (χ4n) is 2.85. The number of fused-ring (bicyclic) bond motifs is 1. The number of hydrogen-bond acceptors (Lipinski definition) is 4. The Labute approximate surface area is 161 Å². The van der Waals surface area contributed by atoms with Crippen molar-refractivity contribution in [2.75, 3.05) is 12.4 Å². The minimum absolute atomic E-state index is 0.150. The molecule has 0 radical (unpaired) electrons. The summed E-state index contributed by atoms with van der Waals surface area (Å²) >= 11 is 0. The third-order valence-electron chi connectivity index (χ3n) is 4.38. The first-order valence-corrected chi connectivity index (χ1v) is 9.87. The molecule has 0 aliphatic heterocycles. The van der Waals surface area contributed by atoms with E-state index >= 15 is 0 Å². The van der Waals surface area contributed by atoms with Crippen LogP contribution in [0.3, 0.4) is 0 Å². The molecule has 0 aliphatic carbocycles. The number of carbonyl (C=O) groups excluding carboxylic acids is 1. The van der Waals surface area contributed by atoms with E-state index in [0.29, 0.717) is 11.4 Å². The third-order valence-corrected chi connectivity index (χ3v) is 6.01. The first-order chi connectivity index (χ1) is 13.5. The van der Waals surface area contributed by atoms with Gasteiger partial charge in [0, 0.05) is 35.2 Å². The van der Waals surface area contributed by atoms with Crippen LogP contribution in [-0.2, 0) is 10.0 Å². The molecular formula is C20H17N3O4S. The molecule has 7 nitrogen and oxygen atoms in total. The van der Waals surface area contributed by atoms with Gasteiger partial charge in [-0.05, 0) is 54.6 Å². The van der Waals surface area contributed by atoms with E-state index in [1.54, 1.807) is 55.8 Å². The fourth-order valence-corrected chi connectivity index (χ4v) is 4.08. The molecule has 1 amide bonds. The first-order valence-electron chi connectivity index (χ1n) is 8.43. The summed E-state index contributed by atoms with van der Waals surface area (Å²) in [4.78, 5) is 15.6. The molecule has 0 bridgehead atoms. The predicted molar refractivity (Wildman–Crippen MR) is 106 cm³/mol. The summed E-state index contributed by atoms with van der Waals surface area (Å²) < 4.78 is 31.9. The maximum atomic E-state index is 12.9. The van der Waals surface area contributed by atoms with Crippen molar-refractivity contribution in [3.63, 3.8) is 0 Å². The van der Waals surface area contributed by atoms with Gasteiger partial charge in [-0.3, -0.25) is 4.79 Å². The number of anilines is 1. The second kappa shape index (κ2) is 6.90. The van der Waals surface area contributed by atoms with Gasteiger partial charge in [-0.25, -0.2) is 12.4 Å². The van der Waals surface area contributed by atoms with Crippen LogP contribution >= 0.6 is 0 Å². The zero-order chi connectivity index (χ0) is 19.7. The summed E-state index contributed by atoms with van der Waals surface area (Å²) in [6.07, 6.45) is 4.41. The number of methoxy groups -OCH3 is 1. The molecule has 8 heteroatoms. The van der Waals surface area contributed by atoms with Crippen LogP contribution in [0.2, 0.25) is 0 Å². The molecule has 28 heavy (non-hydrogen) atoms. The molecule has 0 unspecified atom stereocenters. The van der Waals surface area contributed by atoms with Crippen LogP contribution in [0.1, 0.15) is 10.4 Å². The van der Waals surface area contributed by atoms with Crippen molar-refractivity contribution >= 4 is 32.5 Å². The molecule has 0 atom stereocenters. The highest BCUT2D eigenvalue weighted by Gasteiger charge is 2.19. The molecule has 0 saturated carbocycles. The Morgan fingerprint density at radius 2 is 1.86 bits per heavy atom. The molecule has 2 aromatic carbocycles. The number of nitrogens with zero attached hydrogens (tertiary/aromatic N) is 1. The number of carbonyl (C=O) groups is 1. The number of hydrogen-bond donors (Lipinski definition) is 2. The highest BCUT2D eigenvalue weighted by atomic mass is 32.2. The van der Waals surface area contributed by atoms with Gasteiger partial charge in [-0.15, -0.1) is 0 Å². The van der Waals surface area contributed by atoms with Gasteiger partial charge in [0.25, 0.3) is 15.9 Å². The summed E-state index contributed by atoms with van der Waals surface area (Å²) in [5.41, 5.74) is 1.67. The zero-order valence-corrected chi connectivity index (χ0v) is 15.7. The van der Waals surface area contributed by atoms with Crippen molar-refractivity contribution in [1.29, 1.82) is 0 Å². The fraction of sp³-hybridized carbons (Fsp3) is 0.0500. The largest absolute Gasteiger partial charge is 0.497 e. The van der Waals surface area contributed by atoms with Crippen LogP contribution in [0.15, 0.2) is 78.1 Å². The second-order valence-electron chi connectivity index (χ2n) is 6.14. The topological polar surface area (TPSA) is 93.2 Å². The Balaban J connectivity index is 1.57. The molecule has 4 aromatic rings. The van der Waals surface area contributed by atoms with Crippen LogP contribution in [-0.4, -0.2) is 30.4 Å². The molecule has 2 aromatic heterocycles. The van der Waals surface area contributed by atoms with Crippen LogP contribution in [0.25, 0.3) is 10.9 Å². The molecule has 2 heterocycles.